The molecule has 2 aromatic carbocycles. The quantitative estimate of drug-likeness (QED) is 0.645. The number of primary amides is 1. The third-order valence-corrected chi connectivity index (χ3v) is 4.34. The minimum Gasteiger partial charge on any atom is -0.449 e. The first-order valence-electron chi connectivity index (χ1n) is 8.65. The second-order valence-corrected chi connectivity index (χ2v) is 7.57. The van der Waals surface area contributed by atoms with E-state index >= 15 is 0 Å². The van der Waals surface area contributed by atoms with Crippen LogP contribution in [0.25, 0.3) is 6.08 Å². The lowest BCUT2D eigenvalue weighted by Crippen LogP contribution is -2.42. The molecule has 27 heavy (non-hydrogen) atoms. The van der Waals surface area contributed by atoms with Crippen molar-refractivity contribution in [1.29, 1.82) is 0 Å². The predicted octanol–water partition coefficient (Wildman–Crippen LogP) is 2.82. The van der Waals surface area contributed by atoms with E-state index in [1.165, 1.54) is 10.5 Å². The van der Waals surface area contributed by atoms with Crippen LogP contribution in [0, 0.1) is 0 Å². The monoisotopic (exact) mass is 365 g/mol. The number of hydrogen-bond acceptors (Lipinski definition) is 4. The number of amides is 2. The molecule has 0 atom stereocenters. The molecule has 6 nitrogen and oxygen atoms in total. The van der Waals surface area contributed by atoms with Crippen LogP contribution in [0.3, 0.4) is 0 Å². The first-order valence-corrected chi connectivity index (χ1v) is 8.65. The fourth-order valence-corrected chi connectivity index (χ4v) is 2.87. The Bertz CT molecular complexity index is 925. The molecule has 4 N–H and O–H groups in total. The topological polar surface area (TPSA) is 98.7 Å². The Morgan fingerprint density at radius 1 is 1.15 bits per heavy atom. The smallest absolute Gasteiger partial charge is 0.294 e. The lowest BCUT2D eigenvalue weighted by molar-refractivity contribution is -0.121. The summed E-state index contributed by atoms with van der Waals surface area (Å²) in [6.45, 7) is 6.16. The zero-order valence-corrected chi connectivity index (χ0v) is 15.7. The van der Waals surface area contributed by atoms with Crippen LogP contribution in [-0.2, 0) is 15.0 Å². The van der Waals surface area contributed by atoms with Gasteiger partial charge in [0, 0.05) is 5.69 Å². The van der Waals surface area contributed by atoms with Gasteiger partial charge in [-0.2, -0.15) is 0 Å². The number of benzene rings is 2. The SMILES string of the molecule is CC(C)(C)c1ccc(/C=C2/Oc3ccc(N)cc3N(CC(N)=O)C2=O)cc1. The van der Waals surface area contributed by atoms with Crippen molar-refractivity contribution in [2.75, 3.05) is 17.2 Å². The van der Waals surface area contributed by atoms with Crippen molar-refractivity contribution in [2.45, 2.75) is 26.2 Å². The van der Waals surface area contributed by atoms with E-state index in [4.69, 9.17) is 16.2 Å². The van der Waals surface area contributed by atoms with Crippen LogP contribution in [-0.4, -0.2) is 18.4 Å². The van der Waals surface area contributed by atoms with E-state index in [0.717, 1.165) is 5.56 Å². The highest BCUT2D eigenvalue weighted by atomic mass is 16.5. The van der Waals surface area contributed by atoms with Gasteiger partial charge in [-0.3, -0.25) is 14.5 Å². The maximum Gasteiger partial charge on any atom is 0.294 e. The van der Waals surface area contributed by atoms with Crippen LogP contribution in [0.5, 0.6) is 5.75 Å². The number of nitrogens with zero attached hydrogens (tertiary/aromatic N) is 1. The molecule has 0 aliphatic carbocycles. The number of hydrogen-bond donors (Lipinski definition) is 2. The second-order valence-electron chi connectivity index (χ2n) is 7.57. The maximum absolute atomic E-state index is 12.8. The van der Waals surface area contributed by atoms with E-state index in [0.29, 0.717) is 17.1 Å². The molecule has 0 aromatic heterocycles. The summed E-state index contributed by atoms with van der Waals surface area (Å²) < 4.78 is 5.77. The van der Waals surface area contributed by atoms with E-state index in [1.807, 2.05) is 24.3 Å². The Hall–Kier alpha value is -3.28. The number of rotatable bonds is 3. The highest BCUT2D eigenvalue weighted by molar-refractivity contribution is 6.12. The van der Waals surface area contributed by atoms with E-state index in [9.17, 15) is 9.59 Å². The fourth-order valence-electron chi connectivity index (χ4n) is 2.87. The van der Waals surface area contributed by atoms with Crippen molar-refractivity contribution < 1.29 is 14.3 Å². The van der Waals surface area contributed by atoms with Crippen LogP contribution < -0.4 is 21.1 Å². The standard InChI is InChI=1S/C21H23N3O3/c1-21(2,3)14-6-4-13(5-7-14)10-18-20(26)24(12-19(23)25)16-11-15(22)8-9-17(16)27-18/h4-11H,12,22H2,1-3H3,(H2,23,25)/b18-10+. The molecule has 2 amide bonds. The van der Waals surface area contributed by atoms with Crippen molar-refractivity contribution >= 4 is 29.3 Å². The van der Waals surface area contributed by atoms with Gasteiger partial charge in [0.05, 0.1) is 5.69 Å². The molecule has 1 aliphatic rings. The van der Waals surface area contributed by atoms with Gasteiger partial charge in [0.2, 0.25) is 5.91 Å². The van der Waals surface area contributed by atoms with Gasteiger partial charge in [-0.25, -0.2) is 0 Å². The number of carbonyl (C=O) groups excluding carboxylic acids is 2. The zero-order chi connectivity index (χ0) is 19.8. The normalized spacial score (nSPS) is 15.4. The highest BCUT2D eigenvalue weighted by Crippen LogP contribution is 2.37. The number of anilines is 2. The molecule has 0 fully saturated rings. The predicted molar refractivity (Wildman–Crippen MR) is 106 cm³/mol. The summed E-state index contributed by atoms with van der Waals surface area (Å²) in [6.07, 6.45) is 1.65. The molecule has 3 rings (SSSR count). The minimum absolute atomic E-state index is 0.0417. The Morgan fingerprint density at radius 2 is 1.81 bits per heavy atom. The summed E-state index contributed by atoms with van der Waals surface area (Å²) in [6, 6.07) is 12.8. The highest BCUT2D eigenvalue weighted by Gasteiger charge is 2.31. The van der Waals surface area contributed by atoms with Gasteiger partial charge < -0.3 is 16.2 Å². The third kappa shape index (κ3) is 3.95. The van der Waals surface area contributed by atoms with Crippen molar-refractivity contribution in [3.8, 4) is 5.75 Å². The van der Waals surface area contributed by atoms with E-state index in [-0.39, 0.29) is 17.7 Å². The molecule has 6 heteroatoms. The van der Waals surface area contributed by atoms with Gasteiger partial charge >= 0.3 is 0 Å². The van der Waals surface area contributed by atoms with Gasteiger partial charge in [0.1, 0.15) is 6.54 Å². The van der Waals surface area contributed by atoms with Crippen molar-refractivity contribution in [1.82, 2.24) is 0 Å². The zero-order valence-electron chi connectivity index (χ0n) is 15.7. The summed E-state index contributed by atoms with van der Waals surface area (Å²) in [5.74, 6) is -0.487. The minimum atomic E-state index is -0.618. The first-order chi connectivity index (χ1) is 12.6. The lowest BCUT2D eigenvalue weighted by Gasteiger charge is -2.29. The van der Waals surface area contributed by atoms with Crippen LogP contribution in [0.2, 0.25) is 0 Å². The summed E-state index contributed by atoms with van der Waals surface area (Å²) in [5, 5.41) is 0. The molecule has 1 aliphatic heterocycles. The average molecular weight is 365 g/mol. The summed E-state index contributed by atoms with van der Waals surface area (Å²) in [7, 11) is 0. The second kappa shape index (κ2) is 6.79. The molecule has 2 aromatic rings. The van der Waals surface area contributed by atoms with Crippen molar-refractivity contribution in [3.05, 3.63) is 59.4 Å². The maximum atomic E-state index is 12.8. The molecule has 0 unspecified atom stereocenters. The molecule has 0 saturated carbocycles. The molecular formula is C21H23N3O3. The van der Waals surface area contributed by atoms with Gasteiger partial charge in [-0.1, -0.05) is 45.0 Å². The fraction of sp³-hybridized carbons (Fsp3) is 0.238. The molecular weight excluding hydrogens is 342 g/mol. The van der Waals surface area contributed by atoms with Crippen molar-refractivity contribution in [3.63, 3.8) is 0 Å². The first kappa shape index (κ1) is 18.5. The summed E-state index contributed by atoms with van der Waals surface area (Å²) in [4.78, 5) is 25.6. The van der Waals surface area contributed by atoms with Gasteiger partial charge in [-0.15, -0.1) is 0 Å². The van der Waals surface area contributed by atoms with Crippen LogP contribution in [0.1, 0.15) is 31.9 Å². The summed E-state index contributed by atoms with van der Waals surface area (Å²) in [5.41, 5.74) is 14.1. The lowest BCUT2D eigenvalue weighted by atomic mass is 9.87. The average Bonchev–Trinajstić information content (AvgIpc) is 2.58. The molecule has 0 bridgehead atoms. The Balaban J connectivity index is 1.98. The largest absolute Gasteiger partial charge is 0.449 e. The van der Waals surface area contributed by atoms with Gasteiger partial charge in [-0.05, 0) is 40.8 Å². The molecule has 1 heterocycles. The van der Waals surface area contributed by atoms with E-state index in [2.05, 4.69) is 20.8 Å². The molecule has 0 saturated heterocycles. The van der Waals surface area contributed by atoms with Gasteiger partial charge in [0.25, 0.3) is 5.91 Å². The molecule has 0 radical (unpaired) electrons. The number of carbonyl (C=O) groups is 2. The van der Waals surface area contributed by atoms with E-state index < -0.39 is 11.8 Å². The van der Waals surface area contributed by atoms with E-state index in [1.54, 1.807) is 24.3 Å². The number of nitrogen functional groups attached to an aromatic ring is 1. The number of ether oxygens (including phenoxy) is 1. The summed E-state index contributed by atoms with van der Waals surface area (Å²) >= 11 is 0. The van der Waals surface area contributed by atoms with Gasteiger partial charge in [0.15, 0.2) is 11.5 Å². The Morgan fingerprint density at radius 3 is 2.41 bits per heavy atom. The van der Waals surface area contributed by atoms with Crippen LogP contribution in [0.15, 0.2) is 48.2 Å². The Kier molecular flexibility index (Phi) is 4.66. The third-order valence-electron chi connectivity index (χ3n) is 4.34. The number of fused-ring (bicyclic) bond motifs is 1. The molecule has 0 spiro atoms. The number of nitrogens with two attached hydrogens (primary N) is 2. The van der Waals surface area contributed by atoms with Crippen LogP contribution in [0.4, 0.5) is 11.4 Å². The van der Waals surface area contributed by atoms with Crippen molar-refractivity contribution in [2.24, 2.45) is 5.73 Å². The Labute approximate surface area is 158 Å². The van der Waals surface area contributed by atoms with Crippen LogP contribution >= 0.6 is 0 Å². The molecule has 140 valence electrons.